The smallest absolute Gasteiger partial charge is 0.370 e. The van der Waals surface area contributed by atoms with Crippen LogP contribution in [-0.2, 0) is 6.18 Å². The molecule has 21 heavy (non-hydrogen) atoms. The highest BCUT2D eigenvalue weighted by Gasteiger charge is 2.33. The van der Waals surface area contributed by atoms with Gasteiger partial charge in [0.05, 0.1) is 0 Å². The number of halogens is 3. The van der Waals surface area contributed by atoms with Crippen molar-refractivity contribution in [3.63, 3.8) is 0 Å². The maximum Gasteiger partial charge on any atom is 0.433 e. The molecule has 0 saturated heterocycles. The number of hydrogen-bond acceptors (Lipinski definition) is 4. The molecule has 7 heteroatoms. The van der Waals surface area contributed by atoms with Crippen LogP contribution in [0.3, 0.4) is 0 Å². The van der Waals surface area contributed by atoms with E-state index in [4.69, 9.17) is 0 Å². The Labute approximate surface area is 122 Å². The third-order valence-electron chi connectivity index (χ3n) is 3.34. The summed E-state index contributed by atoms with van der Waals surface area (Å²) in [6.07, 6.45) is 0.992. The number of anilines is 2. The van der Waals surface area contributed by atoms with Crippen LogP contribution in [0.25, 0.3) is 0 Å². The van der Waals surface area contributed by atoms with Crippen LogP contribution < -0.4 is 10.6 Å². The van der Waals surface area contributed by atoms with E-state index in [9.17, 15) is 13.2 Å². The molecule has 0 aromatic carbocycles. The van der Waals surface area contributed by atoms with Crippen LogP contribution in [0.5, 0.6) is 0 Å². The molecule has 0 atom stereocenters. The number of hydrogen-bond donors (Lipinski definition) is 2. The third-order valence-corrected chi connectivity index (χ3v) is 3.34. The van der Waals surface area contributed by atoms with E-state index in [0.717, 1.165) is 31.2 Å². The molecule has 118 valence electrons. The van der Waals surface area contributed by atoms with E-state index >= 15 is 0 Å². The summed E-state index contributed by atoms with van der Waals surface area (Å²) in [7, 11) is 0. The summed E-state index contributed by atoms with van der Waals surface area (Å²) in [6, 6.07) is 0.967. The van der Waals surface area contributed by atoms with Gasteiger partial charge in [0, 0.05) is 19.2 Å². The summed E-state index contributed by atoms with van der Waals surface area (Å²) in [5, 5.41) is 5.77. The maximum atomic E-state index is 12.8. The van der Waals surface area contributed by atoms with Gasteiger partial charge in [-0.15, -0.1) is 0 Å². The molecule has 1 saturated carbocycles. The Morgan fingerprint density at radius 2 is 1.95 bits per heavy atom. The molecule has 0 radical (unpaired) electrons. The van der Waals surface area contributed by atoms with Crippen molar-refractivity contribution in [2.45, 2.75) is 45.2 Å². The van der Waals surface area contributed by atoms with Gasteiger partial charge in [0.1, 0.15) is 5.82 Å². The fourth-order valence-electron chi connectivity index (χ4n) is 2.01. The minimum absolute atomic E-state index is 0.0244. The largest absolute Gasteiger partial charge is 0.433 e. The molecule has 2 rings (SSSR count). The van der Waals surface area contributed by atoms with Crippen molar-refractivity contribution in [1.82, 2.24) is 9.97 Å². The Hall–Kier alpha value is -1.53. The number of nitrogens with one attached hydrogen (secondary N) is 2. The lowest BCUT2D eigenvalue weighted by Gasteiger charge is -2.12. The van der Waals surface area contributed by atoms with Gasteiger partial charge >= 0.3 is 6.18 Å². The van der Waals surface area contributed by atoms with Crippen molar-refractivity contribution in [3.8, 4) is 0 Å². The Bertz CT molecular complexity index is 458. The first kappa shape index (κ1) is 15.9. The Morgan fingerprint density at radius 1 is 1.19 bits per heavy atom. The Balaban J connectivity index is 1.98. The molecule has 1 aliphatic rings. The average molecular weight is 302 g/mol. The van der Waals surface area contributed by atoms with Crippen molar-refractivity contribution in [2.75, 3.05) is 23.7 Å². The van der Waals surface area contributed by atoms with Crippen molar-refractivity contribution in [3.05, 3.63) is 11.8 Å². The van der Waals surface area contributed by atoms with E-state index < -0.39 is 11.9 Å². The van der Waals surface area contributed by atoms with Gasteiger partial charge in [0.15, 0.2) is 5.69 Å². The van der Waals surface area contributed by atoms with Crippen molar-refractivity contribution < 1.29 is 13.2 Å². The van der Waals surface area contributed by atoms with E-state index in [1.54, 1.807) is 0 Å². The van der Waals surface area contributed by atoms with Crippen LogP contribution in [0.2, 0.25) is 0 Å². The van der Waals surface area contributed by atoms with Crippen molar-refractivity contribution >= 4 is 11.8 Å². The van der Waals surface area contributed by atoms with Gasteiger partial charge in [0.25, 0.3) is 0 Å². The molecular weight excluding hydrogens is 281 g/mol. The second-order valence-corrected chi connectivity index (χ2v) is 5.40. The zero-order chi connectivity index (χ0) is 15.3. The molecular formula is C14H21F3N4. The first-order valence-electron chi connectivity index (χ1n) is 7.43. The monoisotopic (exact) mass is 302 g/mol. The highest BCUT2D eigenvalue weighted by molar-refractivity contribution is 5.43. The standard InChI is InChI=1S/C14H21F3N4/c1-2-7-19-13-20-11(14(15,16)17)9-12(21-13)18-8-3-4-10-5-6-10/h9-10H,2-8H2,1H3,(H2,18,19,20,21). The van der Waals surface area contributed by atoms with E-state index in [0.29, 0.717) is 13.1 Å². The molecule has 1 heterocycles. The normalized spacial score (nSPS) is 15.0. The zero-order valence-electron chi connectivity index (χ0n) is 12.1. The topological polar surface area (TPSA) is 49.8 Å². The van der Waals surface area contributed by atoms with Gasteiger partial charge in [-0.2, -0.15) is 18.2 Å². The molecule has 0 aliphatic heterocycles. The van der Waals surface area contributed by atoms with Gasteiger partial charge < -0.3 is 10.6 Å². The lowest BCUT2D eigenvalue weighted by Crippen LogP contribution is -2.15. The van der Waals surface area contributed by atoms with Gasteiger partial charge in [-0.3, -0.25) is 0 Å². The minimum Gasteiger partial charge on any atom is -0.370 e. The molecule has 0 amide bonds. The quantitative estimate of drug-likeness (QED) is 0.715. The fourth-order valence-corrected chi connectivity index (χ4v) is 2.01. The summed E-state index contributed by atoms with van der Waals surface area (Å²) >= 11 is 0. The highest BCUT2D eigenvalue weighted by Crippen LogP contribution is 2.33. The Morgan fingerprint density at radius 3 is 2.57 bits per heavy atom. The van der Waals surface area contributed by atoms with E-state index in [1.165, 1.54) is 12.8 Å². The average Bonchev–Trinajstić information content (AvgIpc) is 3.24. The maximum absolute atomic E-state index is 12.8. The van der Waals surface area contributed by atoms with Crippen LogP contribution in [0, 0.1) is 5.92 Å². The number of rotatable bonds is 8. The second kappa shape index (κ2) is 6.95. The van der Waals surface area contributed by atoms with Crippen molar-refractivity contribution in [1.29, 1.82) is 0 Å². The molecule has 0 bridgehead atoms. The zero-order valence-corrected chi connectivity index (χ0v) is 12.1. The Kier molecular flexibility index (Phi) is 5.25. The molecule has 1 aromatic rings. The van der Waals surface area contributed by atoms with Gasteiger partial charge in [-0.05, 0) is 25.2 Å². The summed E-state index contributed by atoms with van der Waals surface area (Å²) in [5.41, 5.74) is -0.916. The second-order valence-electron chi connectivity index (χ2n) is 5.40. The van der Waals surface area contributed by atoms with Crippen LogP contribution in [0.1, 0.15) is 44.7 Å². The van der Waals surface area contributed by atoms with Gasteiger partial charge in [-0.25, -0.2) is 4.98 Å². The van der Waals surface area contributed by atoms with Crippen LogP contribution in [0.4, 0.5) is 24.9 Å². The summed E-state index contributed by atoms with van der Waals surface area (Å²) in [5.74, 6) is 1.08. The summed E-state index contributed by atoms with van der Waals surface area (Å²) in [4.78, 5) is 7.60. The number of alkyl halides is 3. The van der Waals surface area contributed by atoms with E-state index in [2.05, 4.69) is 20.6 Å². The van der Waals surface area contributed by atoms with Gasteiger partial charge in [-0.1, -0.05) is 19.8 Å². The molecule has 0 spiro atoms. The van der Waals surface area contributed by atoms with Gasteiger partial charge in [0.2, 0.25) is 5.95 Å². The lowest BCUT2D eigenvalue weighted by molar-refractivity contribution is -0.141. The molecule has 2 N–H and O–H groups in total. The molecule has 1 fully saturated rings. The third kappa shape index (κ3) is 5.40. The van der Waals surface area contributed by atoms with E-state index in [1.807, 2.05) is 6.92 Å². The SMILES string of the molecule is CCCNc1nc(NCCCC2CC2)cc(C(F)(F)F)n1. The van der Waals surface area contributed by atoms with E-state index in [-0.39, 0.29) is 11.8 Å². The van der Waals surface area contributed by atoms with Crippen LogP contribution >= 0.6 is 0 Å². The number of nitrogens with zero attached hydrogens (tertiary/aromatic N) is 2. The predicted molar refractivity (Wildman–Crippen MR) is 76.3 cm³/mol. The predicted octanol–water partition coefficient (Wildman–Crippen LogP) is 3.92. The number of aromatic nitrogens is 2. The summed E-state index contributed by atoms with van der Waals surface area (Å²) in [6.45, 7) is 3.11. The minimum atomic E-state index is -4.46. The first-order chi connectivity index (χ1) is 9.99. The van der Waals surface area contributed by atoms with Crippen molar-refractivity contribution in [2.24, 2.45) is 5.92 Å². The lowest BCUT2D eigenvalue weighted by atomic mass is 10.2. The summed E-state index contributed by atoms with van der Waals surface area (Å²) < 4.78 is 38.5. The van der Waals surface area contributed by atoms with Crippen LogP contribution in [-0.4, -0.2) is 23.1 Å². The molecule has 4 nitrogen and oxygen atoms in total. The van der Waals surface area contributed by atoms with Crippen LogP contribution in [0.15, 0.2) is 6.07 Å². The first-order valence-corrected chi connectivity index (χ1v) is 7.43. The molecule has 1 aromatic heterocycles. The molecule has 0 unspecified atom stereocenters. The highest BCUT2D eigenvalue weighted by atomic mass is 19.4. The molecule has 1 aliphatic carbocycles. The fraction of sp³-hybridized carbons (Fsp3) is 0.714.